The summed E-state index contributed by atoms with van der Waals surface area (Å²) in [6, 6.07) is 7.44. The first-order valence-corrected chi connectivity index (χ1v) is 9.67. The van der Waals surface area contributed by atoms with Gasteiger partial charge in [-0.05, 0) is 55.7 Å². The number of aromatic hydroxyl groups is 1. The fourth-order valence-corrected chi connectivity index (χ4v) is 2.66. The molecule has 2 aromatic rings. The fourth-order valence-electron chi connectivity index (χ4n) is 1.94. The van der Waals surface area contributed by atoms with E-state index in [1.807, 2.05) is 16.8 Å². The zero-order chi connectivity index (χ0) is 14.6. The Labute approximate surface area is 122 Å². The molecule has 4 nitrogen and oxygen atoms in total. The van der Waals surface area contributed by atoms with Gasteiger partial charge < -0.3 is 5.11 Å². The fraction of sp³-hybridized carbons (Fsp3) is 0.467. The molecule has 0 unspecified atom stereocenters. The minimum Gasteiger partial charge on any atom is -0.508 e. The maximum absolute atomic E-state index is 9.23. The Hall–Kier alpha value is -1.49. The summed E-state index contributed by atoms with van der Waals surface area (Å²) >= 11 is 0. The molecule has 20 heavy (non-hydrogen) atoms. The lowest BCUT2D eigenvalue weighted by molar-refractivity contribution is 0.475. The van der Waals surface area contributed by atoms with Crippen molar-refractivity contribution in [1.82, 2.24) is 15.0 Å². The zero-order valence-electron chi connectivity index (χ0n) is 12.4. The quantitative estimate of drug-likeness (QED) is 0.833. The van der Waals surface area contributed by atoms with E-state index < -0.39 is 10.0 Å². The summed E-state index contributed by atoms with van der Waals surface area (Å²) in [6.07, 6.45) is 12.0. The second kappa shape index (κ2) is 6.31. The Morgan fingerprint density at radius 3 is 2.40 bits per heavy atom. The molecule has 0 spiro atoms. The Bertz CT molecular complexity index is 543. The molecule has 0 aliphatic heterocycles. The Morgan fingerprint density at radius 2 is 1.80 bits per heavy atom. The minimum atomic E-state index is -0.778. The van der Waals surface area contributed by atoms with Gasteiger partial charge in [0.1, 0.15) is 10.8 Å². The zero-order valence-corrected chi connectivity index (χ0v) is 13.2. The number of nitrogens with zero attached hydrogens (tertiary/aromatic N) is 3. The maximum atomic E-state index is 9.23. The molecule has 1 aromatic carbocycles. The Balaban J connectivity index is 1.76. The molecule has 0 fully saturated rings. The van der Waals surface area contributed by atoms with Crippen LogP contribution < -0.4 is 0 Å². The van der Waals surface area contributed by atoms with Crippen molar-refractivity contribution in [2.45, 2.75) is 30.8 Å². The van der Waals surface area contributed by atoms with E-state index in [9.17, 15) is 5.11 Å². The van der Waals surface area contributed by atoms with E-state index in [4.69, 9.17) is 0 Å². The third-order valence-corrected chi connectivity index (χ3v) is 4.63. The van der Waals surface area contributed by atoms with E-state index in [1.165, 1.54) is 5.56 Å². The SMILES string of the molecule is CS(C)(C)c1cn(CCCCc2ccc(O)cc2)nn1. The highest BCUT2D eigenvalue weighted by atomic mass is 32.3. The highest BCUT2D eigenvalue weighted by molar-refractivity contribution is 8.32. The number of aromatic nitrogens is 3. The summed E-state index contributed by atoms with van der Waals surface area (Å²) in [6.45, 7) is 0.917. The average Bonchev–Trinajstić information content (AvgIpc) is 2.85. The smallest absolute Gasteiger partial charge is 0.121 e. The van der Waals surface area contributed by atoms with Crippen molar-refractivity contribution in [3.63, 3.8) is 0 Å². The average molecular weight is 293 g/mol. The van der Waals surface area contributed by atoms with E-state index in [2.05, 4.69) is 35.3 Å². The monoisotopic (exact) mass is 293 g/mol. The van der Waals surface area contributed by atoms with Gasteiger partial charge in [-0.25, -0.2) is 10.0 Å². The number of hydrogen-bond acceptors (Lipinski definition) is 3. The Morgan fingerprint density at radius 1 is 1.10 bits per heavy atom. The van der Waals surface area contributed by atoms with Crippen molar-refractivity contribution < 1.29 is 5.11 Å². The third kappa shape index (κ3) is 4.27. The van der Waals surface area contributed by atoms with Gasteiger partial charge in [-0.1, -0.05) is 17.3 Å². The van der Waals surface area contributed by atoms with Crippen molar-refractivity contribution in [1.29, 1.82) is 0 Å². The predicted molar refractivity (Wildman–Crippen MR) is 84.7 cm³/mol. The third-order valence-electron chi connectivity index (χ3n) is 3.18. The summed E-state index contributed by atoms with van der Waals surface area (Å²) in [7, 11) is -0.778. The molecule has 1 heterocycles. The van der Waals surface area contributed by atoms with Gasteiger partial charge in [0.15, 0.2) is 0 Å². The molecule has 5 heteroatoms. The summed E-state index contributed by atoms with van der Waals surface area (Å²) < 4.78 is 1.95. The first-order chi connectivity index (χ1) is 9.45. The van der Waals surface area contributed by atoms with Crippen LogP contribution in [-0.2, 0) is 13.0 Å². The van der Waals surface area contributed by atoms with Crippen molar-refractivity contribution in [3.8, 4) is 5.75 Å². The molecule has 0 atom stereocenters. The van der Waals surface area contributed by atoms with Crippen LogP contribution in [0.1, 0.15) is 18.4 Å². The van der Waals surface area contributed by atoms with Crippen LogP contribution in [0.4, 0.5) is 0 Å². The standard InChI is InChI=1S/C15H23N3OS/c1-20(2,3)15-12-18(17-16-15)11-5-4-6-13-7-9-14(19)10-8-13/h7-10,12,19H,4-6,11H2,1-3H3. The van der Waals surface area contributed by atoms with Crippen LogP contribution in [0.25, 0.3) is 0 Å². The highest BCUT2D eigenvalue weighted by Gasteiger charge is 2.12. The van der Waals surface area contributed by atoms with Gasteiger partial charge in [0.2, 0.25) is 0 Å². The molecule has 110 valence electrons. The largest absolute Gasteiger partial charge is 0.508 e. The van der Waals surface area contributed by atoms with Gasteiger partial charge in [-0.2, -0.15) is 0 Å². The Kier molecular flexibility index (Phi) is 4.70. The summed E-state index contributed by atoms with van der Waals surface area (Å²) in [5.41, 5.74) is 1.27. The number of phenols is 1. The number of unbranched alkanes of at least 4 members (excludes halogenated alkanes) is 1. The molecule has 0 aliphatic carbocycles. The van der Waals surface area contributed by atoms with E-state index in [0.29, 0.717) is 5.75 Å². The maximum Gasteiger partial charge on any atom is 0.121 e. The molecular weight excluding hydrogens is 270 g/mol. The van der Waals surface area contributed by atoms with Gasteiger partial charge in [-0.3, -0.25) is 4.68 Å². The lowest BCUT2D eigenvalue weighted by Gasteiger charge is -2.20. The van der Waals surface area contributed by atoms with E-state index in [-0.39, 0.29) is 0 Å². The van der Waals surface area contributed by atoms with Crippen LogP contribution in [0.2, 0.25) is 0 Å². The molecule has 0 saturated heterocycles. The molecule has 1 aromatic heterocycles. The van der Waals surface area contributed by atoms with Crippen LogP contribution in [0.5, 0.6) is 5.75 Å². The highest BCUT2D eigenvalue weighted by Crippen LogP contribution is 2.43. The molecular formula is C15H23N3OS. The molecule has 0 bridgehead atoms. The van der Waals surface area contributed by atoms with Crippen LogP contribution in [-0.4, -0.2) is 38.9 Å². The molecule has 0 radical (unpaired) electrons. The number of phenolic OH excluding ortho intramolecular Hbond substituents is 1. The van der Waals surface area contributed by atoms with Gasteiger partial charge in [0, 0.05) is 6.54 Å². The number of aryl methyl sites for hydroxylation is 2. The molecule has 2 rings (SSSR count). The summed E-state index contributed by atoms with van der Waals surface area (Å²) in [5, 5.41) is 18.8. The van der Waals surface area contributed by atoms with E-state index >= 15 is 0 Å². The summed E-state index contributed by atoms with van der Waals surface area (Å²) in [5.74, 6) is 0.327. The lowest BCUT2D eigenvalue weighted by Crippen LogP contribution is -1.99. The second-order valence-electron chi connectivity index (χ2n) is 5.78. The van der Waals surface area contributed by atoms with Gasteiger partial charge in [-0.15, -0.1) is 5.10 Å². The van der Waals surface area contributed by atoms with Gasteiger partial charge >= 0.3 is 0 Å². The van der Waals surface area contributed by atoms with Crippen LogP contribution >= 0.6 is 10.0 Å². The van der Waals surface area contributed by atoms with Crippen LogP contribution in [0.15, 0.2) is 35.5 Å². The van der Waals surface area contributed by atoms with E-state index in [1.54, 1.807) is 12.1 Å². The lowest BCUT2D eigenvalue weighted by atomic mass is 10.1. The van der Waals surface area contributed by atoms with Crippen molar-refractivity contribution >= 4 is 10.0 Å². The van der Waals surface area contributed by atoms with Gasteiger partial charge in [0.05, 0.1) is 6.20 Å². The van der Waals surface area contributed by atoms with Crippen molar-refractivity contribution in [2.75, 3.05) is 18.8 Å². The molecule has 0 aliphatic rings. The van der Waals surface area contributed by atoms with Crippen molar-refractivity contribution in [3.05, 3.63) is 36.0 Å². The first kappa shape index (κ1) is 14.9. The molecule has 1 N–H and O–H groups in total. The second-order valence-corrected chi connectivity index (χ2v) is 9.87. The topological polar surface area (TPSA) is 50.9 Å². The van der Waals surface area contributed by atoms with Crippen molar-refractivity contribution in [2.24, 2.45) is 0 Å². The number of hydrogen-bond donors (Lipinski definition) is 1. The first-order valence-electron chi connectivity index (χ1n) is 6.81. The summed E-state index contributed by atoms with van der Waals surface area (Å²) in [4.78, 5) is 0. The van der Waals surface area contributed by atoms with Crippen LogP contribution in [0.3, 0.4) is 0 Å². The van der Waals surface area contributed by atoms with Crippen LogP contribution in [0, 0.1) is 0 Å². The predicted octanol–water partition coefficient (Wildman–Crippen LogP) is 3.06. The molecule has 0 saturated carbocycles. The van der Waals surface area contributed by atoms with E-state index in [0.717, 1.165) is 30.8 Å². The molecule has 0 amide bonds. The number of benzene rings is 1. The minimum absolute atomic E-state index is 0.327. The van der Waals surface area contributed by atoms with Gasteiger partial charge in [0.25, 0.3) is 0 Å². The normalized spacial score (nSPS) is 12.6. The number of rotatable bonds is 6.